The number of likely N-dealkylation sites (N-methyl/N-ethyl adjacent to an activating group) is 1. The van der Waals surface area contributed by atoms with Crippen LogP contribution in [0.15, 0.2) is 18.2 Å². The summed E-state index contributed by atoms with van der Waals surface area (Å²) in [4.78, 5) is 14.0. The number of benzene rings is 1. The minimum atomic E-state index is -0.251. The monoisotopic (exact) mass is 249 g/mol. The van der Waals surface area contributed by atoms with Gasteiger partial charge in [-0.3, -0.25) is 9.69 Å². The summed E-state index contributed by atoms with van der Waals surface area (Å²) >= 11 is 0. The van der Waals surface area contributed by atoms with Crippen LogP contribution in [-0.2, 0) is 0 Å². The van der Waals surface area contributed by atoms with Crippen LogP contribution < -0.4 is 0 Å². The van der Waals surface area contributed by atoms with E-state index in [0.29, 0.717) is 12.1 Å². The second kappa shape index (κ2) is 4.98. The molecule has 0 aliphatic heterocycles. The lowest BCUT2D eigenvalue weighted by atomic mass is 10.1. The first-order valence-corrected chi connectivity index (χ1v) is 6.21. The van der Waals surface area contributed by atoms with Crippen molar-refractivity contribution in [1.29, 1.82) is 0 Å². The Morgan fingerprint density at radius 1 is 1.39 bits per heavy atom. The number of hydrogen-bond acceptors (Lipinski definition) is 4. The van der Waals surface area contributed by atoms with Crippen molar-refractivity contribution in [2.24, 2.45) is 11.8 Å². The molecule has 1 aliphatic rings. The summed E-state index contributed by atoms with van der Waals surface area (Å²) < 4.78 is 0. The van der Waals surface area contributed by atoms with Gasteiger partial charge in [0.05, 0.1) is 6.54 Å². The van der Waals surface area contributed by atoms with Gasteiger partial charge in [0.25, 0.3) is 0 Å². The Morgan fingerprint density at radius 3 is 2.61 bits per heavy atom. The molecule has 0 radical (unpaired) electrons. The molecule has 4 heteroatoms. The van der Waals surface area contributed by atoms with Crippen LogP contribution in [0.1, 0.15) is 23.7 Å². The molecule has 0 amide bonds. The van der Waals surface area contributed by atoms with Crippen LogP contribution in [0.2, 0.25) is 0 Å². The molecule has 0 spiro atoms. The molecule has 0 saturated heterocycles. The zero-order valence-corrected chi connectivity index (χ0v) is 10.8. The first-order chi connectivity index (χ1) is 8.47. The average molecular weight is 249 g/mol. The summed E-state index contributed by atoms with van der Waals surface area (Å²) in [5.74, 6) is 1.00. The molecular formula is C14H19NO3. The standard InChI is InChI=1S/C14H19NO3/c1-9-5-11(9)7-15(2)8-14(18)10-3-4-12(16)13(17)6-10/h3-4,6,9,11,16-17H,5,7-8H2,1-2H3. The largest absolute Gasteiger partial charge is 0.504 e. The van der Waals surface area contributed by atoms with Gasteiger partial charge in [-0.2, -0.15) is 0 Å². The van der Waals surface area contributed by atoms with Gasteiger partial charge in [0.15, 0.2) is 17.3 Å². The molecule has 1 fully saturated rings. The molecule has 0 aromatic heterocycles. The fourth-order valence-corrected chi connectivity index (χ4v) is 2.15. The second-order valence-corrected chi connectivity index (χ2v) is 5.30. The molecule has 2 N–H and O–H groups in total. The third kappa shape index (κ3) is 3.01. The predicted octanol–water partition coefficient (Wildman–Crippen LogP) is 1.87. The summed E-state index contributed by atoms with van der Waals surface area (Å²) in [6.07, 6.45) is 1.25. The molecule has 0 heterocycles. The van der Waals surface area contributed by atoms with Gasteiger partial charge in [-0.05, 0) is 43.5 Å². The van der Waals surface area contributed by atoms with E-state index in [1.54, 1.807) is 0 Å². The highest BCUT2D eigenvalue weighted by Crippen LogP contribution is 2.37. The second-order valence-electron chi connectivity index (χ2n) is 5.30. The Balaban J connectivity index is 1.92. The average Bonchev–Trinajstić information content (AvgIpc) is 2.97. The smallest absolute Gasteiger partial charge is 0.176 e. The highest BCUT2D eigenvalue weighted by Gasteiger charge is 2.33. The lowest BCUT2D eigenvalue weighted by molar-refractivity contribution is 0.0943. The Kier molecular flexibility index (Phi) is 3.57. The van der Waals surface area contributed by atoms with E-state index in [0.717, 1.165) is 18.4 Å². The normalized spacial score (nSPS) is 22.2. The molecule has 4 nitrogen and oxygen atoms in total. The van der Waals surface area contributed by atoms with Crippen molar-refractivity contribution in [2.45, 2.75) is 13.3 Å². The zero-order chi connectivity index (χ0) is 13.3. The van der Waals surface area contributed by atoms with Crippen LogP contribution in [0, 0.1) is 11.8 Å². The minimum Gasteiger partial charge on any atom is -0.504 e. The first kappa shape index (κ1) is 12.9. The van der Waals surface area contributed by atoms with Crippen molar-refractivity contribution in [1.82, 2.24) is 4.90 Å². The number of aromatic hydroxyl groups is 2. The third-order valence-electron chi connectivity index (χ3n) is 3.53. The quantitative estimate of drug-likeness (QED) is 0.618. The number of carbonyl (C=O) groups is 1. The van der Waals surface area contributed by atoms with E-state index in [9.17, 15) is 15.0 Å². The highest BCUT2D eigenvalue weighted by atomic mass is 16.3. The van der Waals surface area contributed by atoms with Crippen molar-refractivity contribution in [3.05, 3.63) is 23.8 Å². The van der Waals surface area contributed by atoms with Crippen molar-refractivity contribution in [2.75, 3.05) is 20.1 Å². The summed E-state index contributed by atoms with van der Waals surface area (Å²) in [6.45, 7) is 3.50. The van der Waals surface area contributed by atoms with Crippen molar-refractivity contribution in [3.63, 3.8) is 0 Å². The van der Waals surface area contributed by atoms with Gasteiger partial charge in [0.1, 0.15) is 0 Å². The molecule has 1 aliphatic carbocycles. The Morgan fingerprint density at radius 2 is 2.06 bits per heavy atom. The maximum atomic E-state index is 12.0. The van der Waals surface area contributed by atoms with Crippen LogP contribution in [0.3, 0.4) is 0 Å². The van der Waals surface area contributed by atoms with Crippen molar-refractivity contribution < 1.29 is 15.0 Å². The van der Waals surface area contributed by atoms with Crippen LogP contribution in [0.5, 0.6) is 11.5 Å². The van der Waals surface area contributed by atoms with Crippen LogP contribution in [-0.4, -0.2) is 41.0 Å². The number of nitrogens with zero attached hydrogens (tertiary/aromatic N) is 1. The fourth-order valence-electron chi connectivity index (χ4n) is 2.15. The van der Waals surface area contributed by atoms with Gasteiger partial charge in [0, 0.05) is 12.1 Å². The Bertz CT molecular complexity index is 458. The Hall–Kier alpha value is -1.55. The molecule has 2 rings (SSSR count). The fraction of sp³-hybridized carbons (Fsp3) is 0.500. The number of phenolic OH excluding ortho intramolecular Hbond substituents is 2. The lowest BCUT2D eigenvalue weighted by Gasteiger charge is -2.15. The molecule has 2 unspecified atom stereocenters. The predicted molar refractivity (Wildman–Crippen MR) is 68.9 cm³/mol. The first-order valence-electron chi connectivity index (χ1n) is 6.21. The Labute approximate surface area is 107 Å². The van der Waals surface area contributed by atoms with E-state index >= 15 is 0 Å². The number of rotatable bonds is 5. The third-order valence-corrected chi connectivity index (χ3v) is 3.53. The van der Waals surface area contributed by atoms with Gasteiger partial charge in [-0.1, -0.05) is 6.92 Å². The molecule has 2 atom stereocenters. The van der Waals surface area contributed by atoms with Gasteiger partial charge >= 0.3 is 0 Å². The summed E-state index contributed by atoms with van der Waals surface area (Å²) in [5, 5.41) is 18.5. The van der Waals surface area contributed by atoms with Crippen LogP contribution in [0.4, 0.5) is 0 Å². The minimum absolute atomic E-state index is 0.0406. The number of carbonyl (C=O) groups excluding carboxylic acids is 1. The van der Waals surface area contributed by atoms with E-state index < -0.39 is 0 Å². The van der Waals surface area contributed by atoms with Gasteiger partial charge < -0.3 is 10.2 Å². The summed E-state index contributed by atoms with van der Waals surface area (Å²) in [6, 6.07) is 4.18. The topological polar surface area (TPSA) is 60.8 Å². The molecule has 1 aromatic carbocycles. The number of phenols is 2. The van der Waals surface area contributed by atoms with Gasteiger partial charge in [-0.15, -0.1) is 0 Å². The molecular weight excluding hydrogens is 230 g/mol. The number of hydrogen-bond donors (Lipinski definition) is 2. The lowest BCUT2D eigenvalue weighted by Crippen LogP contribution is -2.28. The molecule has 1 aromatic rings. The summed E-state index contributed by atoms with van der Waals surface area (Å²) in [5.41, 5.74) is 0.431. The van der Waals surface area contributed by atoms with Crippen molar-refractivity contribution >= 4 is 5.78 Å². The molecule has 1 saturated carbocycles. The molecule has 98 valence electrons. The zero-order valence-electron chi connectivity index (χ0n) is 10.8. The van der Waals surface area contributed by atoms with E-state index in [2.05, 4.69) is 6.92 Å². The maximum absolute atomic E-state index is 12.0. The van der Waals surface area contributed by atoms with Crippen molar-refractivity contribution in [3.8, 4) is 11.5 Å². The number of Topliss-reactive ketones (excluding diaryl/α,β-unsaturated/α-hetero) is 1. The summed E-state index contributed by atoms with van der Waals surface area (Å²) in [7, 11) is 1.93. The van der Waals surface area contributed by atoms with E-state index in [1.807, 2.05) is 11.9 Å². The van der Waals surface area contributed by atoms with E-state index in [4.69, 9.17) is 0 Å². The molecule has 0 bridgehead atoms. The number of ketones is 1. The van der Waals surface area contributed by atoms with Gasteiger partial charge in [0.2, 0.25) is 0 Å². The van der Waals surface area contributed by atoms with Crippen LogP contribution in [0.25, 0.3) is 0 Å². The maximum Gasteiger partial charge on any atom is 0.176 e. The van der Waals surface area contributed by atoms with E-state index in [1.165, 1.54) is 24.6 Å². The highest BCUT2D eigenvalue weighted by molar-refractivity contribution is 5.98. The van der Waals surface area contributed by atoms with Crippen LogP contribution >= 0.6 is 0 Å². The van der Waals surface area contributed by atoms with E-state index in [-0.39, 0.29) is 17.3 Å². The van der Waals surface area contributed by atoms with Gasteiger partial charge in [-0.25, -0.2) is 0 Å². The SMILES string of the molecule is CC1CC1CN(C)CC(=O)c1ccc(O)c(O)c1. The molecule has 18 heavy (non-hydrogen) atoms.